The molecule has 1 atom stereocenters. The molecule has 3 rings (SSSR count). The molecule has 3 aromatic carbocycles. The van der Waals surface area contributed by atoms with E-state index < -0.39 is 6.04 Å². The largest absolute Gasteiger partial charge is 0.355 e. The zero-order chi connectivity index (χ0) is 21.9. The van der Waals surface area contributed by atoms with E-state index in [1.54, 1.807) is 4.90 Å². The van der Waals surface area contributed by atoms with Gasteiger partial charge in [-0.2, -0.15) is 0 Å². The Hall–Kier alpha value is -3.40. The van der Waals surface area contributed by atoms with Crippen molar-refractivity contribution < 1.29 is 9.59 Å². The summed E-state index contributed by atoms with van der Waals surface area (Å²) in [5.41, 5.74) is 3.17. The molecule has 0 aliphatic heterocycles. The Morgan fingerprint density at radius 1 is 0.774 bits per heavy atom. The first-order valence-electron chi connectivity index (χ1n) is 10.9. The van der Waals surface area contributed by atoms with Crippen molar-refractivity contribution in [1.29, 1.82) is 0 Å². The van der Waals surface area contributed by atoms with Gasteiger partial charge in [-0.1, -0.05) is 91.0 Å². The number of hydrogen-bond donors (Lipinski definition) is 1. The fraction of sp³-hybridized carbons (Fsp3) is 0.259. The maximum absolute atomic E-state index is 13.4. The molecule has 0 heterocycles. The summed E-state index contributed by atoms with van der Waals surface area (Å²) in [6.07, 6.45) is 1.50. The number of carbonyl (C=O) groups excluding carboxylic acids is 2. The smallest absolute Gasteiger partial charge is 0.243 e. The summed E-state index contributed by atoms with van der Waals surface area (Å²) in [7, 11) is 0. The van der Waals surface area contributed by atoms with Gasteiger partial charge in [0.1, 0.15) is 6.04 Å². The normalized spacial score (nSPS) is 11.5. The summed E-state index contributed by atoms with van der Waals surface area (Å²) in [6.45, 7) is 2.83. The summed E-state index contributed by atoms with van der Waals surface area (Å²) in [4.78, 5) is 28.2. The molecule has 160 valence electrons. The number of nitrogens with zero attached hydrogens (tertiary/aromatic N) is 1. The Labute approximate surface area is 184 Å². The first-order chi connectivity index (χ1) is 15.2. The standard InChI is InChI=1S/C27H30N2O2/c1-2-28-27(31)25(20-23-14-8-4-9-15-23)29(21-24-16-10-5-11-17-24)26(30)19-18-22-12-6-3-7-13-22/h3-17,25H,2,18-21H2,1H3,(H,28,31)/t25-/m0/s1. The molecule has 2 amide bonds. The van der Waals surface area contributed by atoms with E-state index in [0.29, 0.717) is 32.4 Å². The van der Waals surface area contributed by atoms with E-state index in [-0.39, 0.29) is 11.8 Å². The summed E-state index contributed by atoms with van der Waals surface area (Å²) < 4.78 is 0. The van der Waals surface area contributed by atoms with Crippen molar-refractivity contribution in [3.8, 4) is 0 Å². The van der Waals surface area contributed by atoms with Crippen molar-refractivity contribution in [3.63, 3.8) is 0 Å². The minimum absolute atomic E-state index is 0.0140. The molecule has 0 saturated carbocycles. The van der Waals surface area contributed by atoms with Crippen LogP contribution in [0.15, 0.2) is 91.0 Å². The van der Waals surface area contributed by atoms with Crippen LogP contribution in [0, 0.1) is 0 Å². The van der Waals surface area contributed by atoms with Gasteiger partial charge in [0, 0.05) is 25.9 Å². The summed E-state index contributed by atoms with van der Waals surface area (Å²) >= 11 is 0. The molecule has 1 N–H and O–H groups in total. The molecule has 0 bridgehead atoms. The van der Waals surface area contributed by atoms with E-state index >= 15 is 0 Å². The number of nitrogens with one attached hydrogen (secondary N) is 1. The predicted molar refractivity (Wildman–Crippen MR) is 124 cm³/mol. The molecule has 31 heavy (non-hydrogen) atoms. The Morgan fingerprint density at radius 2 is 1.29 bits per heavy atom. The third-order valence-corrected chi connectivity index (χ3v) is 5.29. The van der Waals surface area contributed by atoms with E-state index in [1.165, 1.54) is 0 Å². The quantitative estimate of drug-likeness (QED) is 0.535. The molecule has 0 aliphatic carbocycles. The number of carbonyl (C=O) groups is 2. The van der Waals surface area contributed by atoms with Crippen molar-refractivity contribution in [1.82, 2.24) is 10.2 Å². The van der Waals surface area contributed by atoms with Gasteiger partial charge < -0.3 is 10.2 Å². The van der Waals surface area contributed by atoms with Crippen LogP contribution in [0.2, 0.25) is 0 Å². The van der Waals surface area contributed by atoms with Gasteiger partial charge in [0.2, 0.25) is 11.8 Å². The van der Waals surface area contributed by atoms with Crippen LogP contribution in [0.4, 0.5) is 0 Å². The molecule has 0 aliphatic rings. The van der Waals surface area contributed by atoms with Crippen LogP contribution in [0.25, 0.3) is 0 Å². The van der Waals surface area contributed by atoms with E-state index in [0.717, 1.165) is 16.7 Å². The number of likely N-dealkylation sites (N-methyl/N-ethyl adjacent to an activating group) is 1. The zero-order valence-electron chi connectivity index (χ0n) is 18.0. The average molecular weight is 415 g/mol. The maximum atomic E-state index is 13.4. The van der Waals surface area contributed by atoms with Crippen molar-refractivity contribution in [2.24, 2.45) is 0 Å². The van der Waals surface area contributed by atoms with Gasteiger partial charge in [-0.05, 0) is 30.0 Å². The molecule has 4 nitrogen and oxygen atoms in total. The van der Waals surface area contributed by atoms with Gasteiger partial charge in [-0.25, -0.2) is 0 Å². The van der Waals surface area contributed by atoms with Gasteiger partial charge in [-0.3, -0.25) is 9.59 Å². The highest BCUT2D eigenvalue weighted by molar-refractivity contribution is 5.88. The number of benzene rings is 3. The second kappa shape index (κ2) is 11.7. The highest BCUT2D eigenvalue weighted by atomic mass is 16.2. The first-order valence-corrected chi connectivity index (χ1v) is 10.9. The SMILES string of the molecule is CCNC(=O)[C@H](Cc1ccccc1)N(Cc1ccccc1)C(=O)CCc1ccccc1. The molecule has 0 aromatic heterocycles. The predicted octanol–water partition coefficient (Wildman–Crippen LogP) is 4.40. The maximum Gasteiger partial charge on any atom is 0.243 e. The van der Waals surface area contributed by atoms with E-state index in [9.17, 15) is 9.59 Å². The van der Waals surface area contributed by atoms with Crippen LogP contribution in [-0.2, 0) is 29.0 Å². The first kappa shape index (κ1) is 22.3. The van der Waals surface area contributed by atoms with Gasteiger partial charge in [-0.15, -0.1) is 0 Å². The zero-order valence-corrected chi connectivity index (χ0v) is 18.0. The monoisotopic (exact) mass is 414 g/mol. The molecular formula is C27H30N2O2. The Balaban J connectivity index is 1.86. The van der Waals surface area contributed by atoms with Crippen molar-refractivity contribution in [3.05, 3.63) is 108 Å². The molecule has 3 aromatic rings. The second-order valence-electron chi connectivity index (χ2n) is 7.59. The number of rotatable bonds is 10. The Morgan fingerprint density at radius 3 is 1.84 bits per heavy atom. The van der Waals surface area contributed by atoms with E-state index in [4.69, 9.17) is 0 Å². The molecule has 4 heteroatoms. The number of hydrogen-bond acceptors (Lipinski definition) is 2. The van der Waals surface area contributed by atoms with Crippen molar-refractivity contribution in [2.75, 3.05) is 6.54 Å². The molecule has 0 saturated heterocycles. The van der Waals surface area contributed by atoms with Crippen LogP contribution in [0.1, 0.15) is 30.0 Å². The topological polar surface area (TPSA) is 49.4 Å². The van der Waals surface area contributed by atoms with Crippen LogP contribution in [0.5, 0.6) is 0 Å². The fourth-order valence-corrected chi connectivity index (χ4v) is 3.67. The number of aryl methyl sites for hydroxylation is 1. The minimum atomic E-state index is -0.564. The van der Waals surface area contributed by atoms with E-state index in [2.05, 4.69) is 5.32 Å². The lowest BCUT2D eigenvalue weighted by atomic mass is 10.0. The number of amides is 2. The molecule has 0 radical (unpaired) electrons. The minimum Gasteiger partial charge on any atom is -0.355 e. The van der Waals surface area contributed by atoms with Gasteiger partial charge >= 0.3 is 0 Å². The van der Waals surface area contributed by atoms with Crippen molar-refractivity contribution in [2.45, 2.75) is 38.8 Å². The fourth-order valence-electron chi connectivity index (χ4n) is 3.67. The molecule has 0 spiro atoms. The van der Waals surface area contributed by atoms with Gasteiger partial charge in [0.15, 0.2) is 0 Å². The van der Waals surface area contributed by atoms with Crippen LogP contribution < -0.4 is 5.32 Å². The van der Waals surface area contributed by atoms with Crippen molar-refractivity contribution >= 4 is 11.8 Å². The van der Waals surface area contributed by atoms with Gasteiger partial charge in [0.25, 0.3) is 0 Å². The molecular weight excluding hydrogens is 384 g/mol. The third kappa shape index (κ3) is 6.82. The third-order valence-electron chi connectivity index (χ3n) is 5.29. The molecule has 0 unspecified atom stereocenters. The van der Waals surface area contributed by atoms with Gasteiger partial charge in [0.05, 0.1) is 0 Å². The van der Waals surface area contributed by atoms with Crippen LogP contribution >= 0.6 is 0 Å². The lowest BCUT2D eigenvalue weighted by Crippen LogP contribution is -2.50. The Bertz CT molecular complexity index is 943. The highest BCUT2D eigenvalue weighted by Crippen LogP contribution is 2.17. The average Bonchev–Trinajstić information content (AvgIpc) is 2.82. The summed E-state index contributed by atoms with van der Waals surface area (Å²) in [5.74, 6) is -0.129. The van der Waals surface area contributed by atoms with Crippen LogP contribution in [-0.4, -0.2) is 29.3 Å². The summed E-state index contributed by atoms with van der Waals surface area (Å²) in [6, 6.07) is 29.2. The lowest BCUT2D eigenvalue weighted by Gasteiger charge is -2.31. The van der Waals surface area contributed by atoms with Crippen LogP contribution in [0.3, 0.4) is 0 Å². The summed E-state index contributed by atoms with van der Waals surface area (Å²) in [5, 5.41) is 2.93. The Kier molecular flexibility index (Phi) is 8.41. The second-order valence-corrected chi connectivity index (χ2v) is 7.59. The molecule has 0 fully saturated rings. The van der Waals surface area contributed by atoms with E-state index in [1.807, 2.05) is 97.9 Å². The lowest BCUT2D eigenvalue weighted by molar-refractivity contribution is -0.141. The highest BCUT2D eigenvalue weighted by Gasteiger charge is 2.29.